The Bertz CT molecular complexity index is 870. The predicted octanol–water partition coefficient (Wildman–Crippen LogP) is 1.64. The largest absolute Gasteiger partial charge is 0.465 e. The number of nitro groups is 1. The maximum atomic E-state index is 13.1. The number of carbonyl (C=O) groups is 3. The molecule has 0 aliphatic carbocycles. The standard InChI is InChI=1S/C21H28N4O6S/c1-3-31-18(26)14-24-20(28)17(8-13-32-2)22-21(24)9-11-23(12-10-21)19(27)15-4-6-16(7-5-15)25(29)30/h4-7,17,22H,3,8-14H2,1-2H3. The van der Waals surface area contributed by atoms with Gasteiger partial charge in [-0.25, -0.2) is 0 Å². The molecule has 11 heteroatoms. The first kappa shape index (κ1) is 24.0. The van der Waals surface area contributed by atoms with E-state index in [9.17, 15) is 24.5 Å². The van der Waals surface area contributed by atoms with E-state index >= 15 is 0 Å². The van der Waals surface area contributed by atoms with Gasteiger partial charge in [0.2, 0.25) is 5.91 Å². The quantitative estimate of drug-likeness (QED) is 0.350. The van der Waals surface area contributed by atoms with E-state index in [-0.39, 0.29) is 36.7 Å². The van der Waals surface area contributed by atoms with E-state index in [4.69, 9.17) is 4.74 Å². The molecule has 2 aliphatic rings. The zero-order chi connectivity index (χ0) is 23.3. The van der Waals surface area contributed by atoms with Crippen LogP contribution in [0.5, 0.6) is 0 Å². The lowest BCUT2D eigenvalue weighted by Crippen LogP contribution is -2.60. The van der Waals surface area contributed by atoms with Crippen LogP contribution in [-0.2, 0) is 14.3 Å². The van der Waals surface area contributed by atoms with Crippen molar-refractivity contribution in [2.24, 2.45) is 0 Å². The number of amides is 2. The van der Waals surface area contributed by atoms with Gasteiger partial charge in [-0.3, -0.25) is 29.8 Å². The van der Waals surface area contributed by atoms with Gasteiger partial charge in [-0.1, -0.05) is 0 Å². The summed E-state index contributed by atoms with van der Waals surface area (Å²) in [4.78, 5) is 51.7. The van der Waals surface area contributed by atoms with Crippen LogP contribution < -0.4 is 5.32 Å². The van der Waals surface area contributed by atoms with Crippen molar-refractivity contribution in [3.05, 3.63) is 39.9 Å². The number of thioether (sulfide) groups is 1. The third-order valence-corrected chi connectivity index (χ3v) is 6.57. The van der Waals surface area contributed by atoms with E-state index in [1.165, 1.54) is 24.3 Å². The lowest BCUT2D eigenvalue weighted by atomic mass is 9.95. The molecule has 32 heavy (non-hydrogen) atoms. The van der Waals surface area contributed by atoms with Crippen LogP contribution in [0.2, 0.25) is 0 Å². The number of nitrogens with one attached hydrogen (secondary N) is 1. The van der Waals surface area contributed by atoms with Crippen LogP contribution in [0.1, 0.15) is 36.5 Å². The third kappa shape index (κ3) is 5.04. The Morgan fingerprint density at radius 1 is 1.28 bits per heavy atom. The zero-order valence-electron chi connectivity index (χ0n) is 18.2. The second kappa shape index (κ2) is 10.3. The smallest absolute Gasteiger partial charge is 0.325 e. The lowest BCUT2D eigenvalue weighted by Gasteiger charge is -2.44. The molecule has 0 radical (unpaired) electrons. The second-order valence-corrected chi connectivity index (χ2v) is 8.82. The number of non-ortho nitro benzene ring substituents is 1. The molecular weight excluding hydrogens is 436 g/mol. The molecule has 0 aromatic heterocycles. The maximum absolute atomic E-state index is 13.1. The SMILES string of the molecule is CCOC(=O)CN1C(=O)C(CCSC)NC12CCN(C(=O)c1ccc([N+](=O)[O-])cc1)CC2. The van der Waals surface area contributed by atoms with Crippen LogP contribution in [0.15, 0.2) is 24.3 Å². The molecule has 2 saturated heterocycles. The Hall–Kier alpha value is -2.66. The molecule has 1 aromatic carbocycles. The Morgan fingerprint density at radius 3 is 2.50 bits per heavy atom. The van der Waals surface area contributed by atoms with Crippen molar-refractivity contribution >= 4 is 35.2 Å². The fourth-order valence-corrected chi connectivity index (χ4v) is 4.73. The van der Waals surface area contributed by atoms with Gasteiger partial charge in [0.25, 0.3) is 11.6 Å². The minimum absolute atomic E-state index is 0.0706. The fourth-order valence-electron chi connectivity index (χ4n) is 4.26. The predicted molar refractivity (Wildman–Crippen MR) is 119 cm³/mol. The van der Waals surface area contributed by atoms with Crippen molar-refractivity contribution in [1.82, 2.24) is 15.1 Å². The van der Waals surface area contributed by atoms with E-state index in [0.717, 1.165) is 5.75 Å². The van der Waals surface area contributed by atoms with Gasteiger partial charge in [0.15, 0.2) is 0 Å². The van der Waals surface area contributed by atoms with E-state index in [1.807, 2.05) is 6.26 Å². The summed E-state index contributed by atoms with van der Waals surface area (Å²) in [5, 5.41) is 14.3. The van der Waals surface area contributed by atoms with Gasteiger partial charge in [0.05, 0.1) is 23.2 Å². The van der Waals surface area contributed by atoms with Crippen LogP contribution >= 0.6 is 11.8 Å². The monoisotopic (exact) mass is 464 g/mol. The highest BCUT2D eigenvalue weighted by atomic mass is 32.2. The average molecular weight is 465 g/mol. The van der Waals surface area contributed by atoms with Crippen molar-refractivity contribution < 1.29 is 24.0 Å². The van der Waals surface area contributed by atoms with Crippen molar-refractivity contribution in [2.75, 3.05) is 38.2 Å². The number of hydrogen-bond donors (Lipinski definition) is 1. The van der Waals surface area contributed by atoms with Gasteiger partial charge in [0.1, 0.15) is 6.54 Å². The van der Waals surface area contributed by atoms with Crippen molar-refractivity contribution in [3.8, 4) is 0 Å². The number of nitrogens with zero attached hydrogens (tertiary/aromatic N) is 3. The molecule has 0 bridgehead atoms. The molecule has 1 N–H and O–H groups in total. The summed E-state index contributed by atoms with van der Waals surface area (Å²) < 4.78 is 5.07. The normalized spacial score (nSPS) is 19.9. The van der Waals surface area contributed by atoms with E-state index < -0.39 is 16.6 Å². The molecule has 2 aliphatic heterocycles. The number of ether oxygens (including phenoxy) is 1. The summed E-state index contributed by atoms with van der Waals surface area (Å²) in [6.45, 7) is 2.64. The summed E-state index contributed by atoms with van der Waals surface area (Å²) in [6, 6.07) is 5.16. The van der Waals surface area contributed by atoms with Gasteiger partial charge in [-0.05, 0) is 37.5 Å². The lowest BCUT2D eigenvalue weighted by molar-refractivity contribution is -0.384. The minimum Gasteiger partial charge on any atom is -0.465 e. The highest BCUT2D eigenvalue weighted by Gasteiger charge is 2.52. The van der Waals surface area contributed by atoms with E-state index in [1.54, 1.807) is 28.5 Å². The van der Waals surface area contributed by atoms with Crippen molar-refractivity contribution in [1.29, 1.82) is 0 Å². The first-order valence-corrected chi connectivity index (χ1v) is 12.0. The van der Waals surface area contributed by atoms with Gasteiger partial charge < -0.3 is 14.5 Å². The number of esters is 1. The second-order valence-electron chi connectivity index (χ2n) is 7.84. The first-order chi connectivity index (χ1) is 15.3. The third-order valence-electron chi connectivity index (χ3n) is 5.93. The topological polar surface area (TPSA) is 122 Å². The number of hydrogen-bond acceptors (Lipinski definition) is 8. The molecule has 0 saturated carbocycles. The molecule has 2 fully saturated rings. The summed E-state index contributed by atoms with van der Waals surface area (Å²) in [5.74, 6) is 0.0476. The Labute approximate surface area is 190 Å². The molecule has 1 unspecified atom stereocenters. The van der Waals surface area contributed by atoms with E-state index in [0.29, 0.717) is 37.9 Å². The van der Waals surface area contributed by atoms with Gasteiger partial charge in [-0.15, -0.1) is 0 Å². The summed E-state index contributed by atoms with van der Waals surface area (Å²) in [7, 11) is 0. The summed E-state index contributed by atoms with van der Waals surface area (Å²) in [6.07, 6.45) is 3.60. The van der Waals surface area contributed by atoms with Crippen LogP contribution in [0.25, 0.3) is 0 Å². The Kier molecular flexibility index (Phi) is 7.73. The van der Waals surface area contributed by atoms with Gasteiger partial charge >= 0.3 is 5.97 Å². The number of carbonyl (C=O) groups excluding carboxylic acids is 3. The molecule has 1 atom stereocenters. The fraction of sp³-hybridized carbons (Fsp3) is 0.571. The number of likely N-dealkylation sites (tertiary alicyclic amines) is 1. The Balaban J connectivity index is 1.71. The molecule has 10 nitrogen and oxygen atoms in total. The van der Waals surface area contributed by atoms with Crippen LogP contribution in [0.3, 0.4) is 0 Å². The van der Waals surface area contributed by atoms with Crippen LogP contribution in [0.4, 0.5) is 5.69 Å². The molecule has 3 rings (SSSR count). The number of nitro benzene ring substituents is 1. The average Bonchev–Trinajstić information content (AvgIpc) is 3.03. The summed E-state index contributed by atoms with van der Waals surface area (Å²) >= 11 is 1.66. The molecule has 1 spiro atoms. The van der Waals surface area contributed by atoms with Crippen LogP contribution in [0, 0.1) is 10.1 Å². The van der Waals surface area contributed by atoms with Crippen molar-refractivity contribution in [3.63, 3.8) is 0 Å². The summed E-state index contributed by atoms with van der Waals surface area (Å²) in [5.41, 5.74) is -0.388. The first-order valence-electron chi connectivity index (χ1n) is 10.6. The zero-order valence-corrected chi connectivity index (χ0v) is 19.1. The number of rotatable bonds is 8. The highest BCUT2D eigenvalue weighted by molar-refractivity contribution is 7.98. The van der Waals surface area contributed by atoms with Gasteiger partial charge in [0, 0.05) is 43.6 Å². The molecule has 2 heterocycles. The molecule has 2 amide bonds. The number of benzene rings is 1. The van der Waals surface area contributed by atoms with Crippen molar-refractivity contribution in [2.45, 2.75) is 37.9 Å². The number of piperidine rings is 1. The molecule has 1 aromatic rings. The maximum Gasteiger partial charge on any atom is 0.325 e. The minimum atomic E-state index is -0.695. The van der Waals surface area contributed by atoms with E-state index in [2.05, 4.69) is 5.32 Å². The van der Waals surface area contributed by atoms with Crippen LogP contribution in [-0.4, -0.2) is 82.5 Å². The highest BCUT2D eigenvalue weighted by Crippen LogP contribution is 2.34. The van der Waals surface area contributed by atoms with Gasteiger partial charge in [-0.2, -0.15) is 11.8 Å². The molecule has 174 valence electrons. The molecular formula is C21H28N4O6S. The Morgan fingerprint density at radius 2 is 1.94 bits per heavy atom.